The van der Waals surface area contributed by atoms with Crippen LogP contribution in [0.3, 0.4) is 0 Å². The second-order valence-corrected chi connectivity index (χ2v) is 11.3. The van der Waals surface area contributed by atoms with Gasteiger partial charge in [-0.25, -0.2) is 14.4 Å². The fourth-order valence-corrected chi connectivity index (χ4v) is 5.27. The summed E-state index contributed by atoms with van der Waals surface area (Å²) in [6.45, 7) is 6.82. The zero-order valence-corrected chi connectivity index (χ0v) is 22.9. The summed E-state index contributed by atoms with van der Waals surface area (Å²) in [4.78, 5) is 38.3. The van der Waals surface area contributed by atoms with Crippen molar-refractivity contribution in [3.63, 3.8) is 0 Å². The second-order valence-electron chi connectivity index (χ2n) is 11.3. The van der Waals surface area contributed by atoms with Crippen LogP contribution in [0.25, 0.3) is 22.0 Å². The molecule has 0 bridgehead atoms. The van der Waals surface area contributed by atoms with Crippen LogP contribution in [0.15, 0.2) is 79.0 Å². The molecule has 1 amide bonds. The molecule has 0 radical (unpaired) electrons. The van der Waals surface area contributed by atoms with Crippen LogP contribution >= 0.6 is 0 Å². The number of aliphatic carboxylic acids is 1. The number of carbonyl (C=O) groups is 3. The summed E-state index contributed by atoms with van der Waals surface area (Å²) >= 11 is 0. The zero-order valence-electron chi connectivity index (χ0n) is 22.9. The van der Waals surface area contributed by atoms with E-state index < -0.39 is 29.3 Å². The number of carboxylic acid groups (broad SMARTS) is 1. The van der Waals surface area contributed by atoms with E-state index >= 15 is 0 Å². The molecule has 0 saturated carbocycles. The number of carbonyl (C=O) groups excluding carboxylic acids is 2. The maximum absolute atomic E-state index is 13.0. The lowest BCUT2D eigenvalue weighted by atomic mass is 9.93. The lowest BCUT2D eigenvalue weighted by molar-refractivity contribution is -0.143. The molecule has 2 N–H and O–H groups in total. The number of carboxylic acids is 1. The Bertz CT molecular complexity index is 1570. The third-order valence-electron chi connectivity index (χ3n) is 7.12. The summed E-state index contributed by atoms with van der Waals surface area (Å²) in [7, 11) is 0. The number of nitrogens with zero attached hydrogens (tertiary/aromatic N) is 1. The van der Waals surface area contributed by atoms with Gasteiger partial charge in [0.25, 0.3) is 0 Å². The molecule has 1 aliphatic rings. The summed E-state index contributed by atoms with van der Waals surface area (Å²) < 4.78 is 12.5. The number of alkyl carbamates (subject to hydrolysis) is 1. The van der Waals surface area contributed by atoms with Crippen molar-refractivity contribution in [2.75, 3.05) is 6.61 Å². The van der Waals surface area contributed by atoms with E-state index in [0.29, 0.717) is 16.5 Å². The van der Waals surface area contributed by atoms with Gasteiger partial charge < -0.3 is 19.9 Å². The monoisotopic (exact) mass is 540 g/mol. The Morgan fingerprint density at radius 3 is 2.05 bits per heavy atom. The van der Waals surface area contributed by atoms with Gasteiger partial charge in [0.15, 0.2) is 0 Å². The van der Waals surface area contributed by atoms with Crippen molar-refractivity contribution in [2.45, 2.75) is 51.2 Å². The third-order valence-corrected chi connectivity index (χ3v) is 7.12. The van der Waals surface area contributed by atoms with E-state index in [2.05, 4.69) is 5.32 Å². The summed E-state index contributed by atoms with van der Waals surface area (Å²) in [5.74, 6) is -1.38. The van der Waals surface area contributed by atoms with Crippen LogP contribution in [0.1, 0.15) is 50.3 Å². The largest absolute Gasteiger partial charge is 0.480 e. The van der Waals surface area contributed by atoms with E-state index in [9.17, 15) is 19.5 Å². The predicted molar refractivity (Wildman–Crippen MR) is 152 cm³/mol. The van der Waals surface area contributed by atoms with Crippen molar-refractivity contribution >= 4 is 29.1 Å². The Kier molecular flexibility index (Phi) is 6.87. The SMILES string of the molecule is CC(C)(C)OC(=O)n1cc(C[C@@](C)(NC(=O)OCC2c3ccccc3-c3ccccc32)C(=O)O)c2ccccc21. The van der Waals surface area contributed by atoms with Crippen LogP contribution in [0.2, 0.25) is 0 Å². The maximum atomic E-state index is 13.0. The third kappa shape index (κ3) is 5.17. The Hall–Kier alpha value is -4.59. The van der Waals surface area contributed by atoms with Crippen molar-refractivity contribution < 1.29 is 29.0 Å². The molecular weight excluding hydrogens is 508 g/mol. The number of ether oxygens (including phenoxy) is 2. The molecule has 0 aliphatic heterocycles. The molecule has 8 nitrogen and oxygen atoms in total. The number of benzene rings is 3. The van der Waals surface area contributed by atoms with Crippen LogP contribution < -0.4 is 5.32 Å². The zero-order chi connectivity index (χ0) is 28.7. The van der Waals surface area contributed by atoms with Gasteiger partial charge in [-0.3, -0.25) is 4.57 Å². The van der Waals surface area contributed by atoms with Gasteiger partial charge in [0.2, 0.25) is 0 Å². The number of hydrogen-bond acceptors (Lipinski definition) is 5. The molecule has 40 heavy (non-hydrogen) atoms. The lowest BCUT2D eigenvalue weighted by Gasteiger charge is -2.26. The van der Waals surface area contributed by atoms with Gasteiger partial charge in [0.1, 0.15) is 17.7 Å². The smallest absolute Gasteiger partial charge is 0.419 e. The minimum Gasteiger partial charge on any atom is -0.480 e. The molecule has 206 valence electrons. The molecule has 0 unspecified atom stereocenters. The van der Waals surface area contributed by atoms with Gasteiger partial charge in [-0.15, -0.1) is 0 Å². The summed E-state index contributed by atoms with van der Waals surface area (Å²) in [5, 5.41) is 13.4. The molecule has 4 aromatic rings. The number of fused-ring (bicyclic) bond motifs is 4. The highest BCUT2D eigenvalue weighted by molar-refractivity contribution is 5.93. The molecule has 1 aromatic heterocycles. The van der Waals surface area contributed by atoms with E-state index in [4.69, 9.17) is 9.47 Å². The van der Waals surface area contributed by atoms with Crippen molar-refractivity contribution in [1.82, 2.24) is 9.88 Å². The van der Waals surface area contributed by atoms with Crippen LogP contribution in [-0.4, -0.2) is 45.6 Å². The molecular formula is C32H32N2O6. The minimum atomic E-state index is -1.70. The number of amides is 1. The van der Waals surface area contributed by atoms with Gasteiger partial charge in [-0.2, -0.15) is 0 Å². The van der Waals surface area contributed by atoms with E-state index in [1.165, 1.54) is 11.5 Å². The molecule has 1 aliphatic carbocycles. The fourth-order valence-electron chi connectivity index (χ4n) is 5.27. The van der Waals surface area contributed by atoms with E-state index in [-0.39, 0.29) is 18.9 Å². The molecule has 1 atom stereocenters. The van der Waals surface area contributed by atoms with Crippen LogP contribution in [0.4, 0.5) is 9.59 Å². The molecule has 0 fully saturated rings. The van der Waals surface area contributed by atoms with Crippen molar-refractivity contribution in [3.05, 3.63) is 95.7 Å². The average Bonchev–Trinajstić information content (AvgIpc) is 3.42. The highest BCUT2D eigenvalue weighted by atomic mass is 16.6. The number of rotatable bonds is 6. The first-order valence-corrected chi connectivity index (χ1v) is 13.2. The van der Waals surface area contributed by atoms with Crippen LogP contribution in [0, 0.1) is 0 Å². The van der Waals surface area contributed by atoms with Crippen molar-refractivity contribution in [3.8, 4) is 11.1 Å². The Labute approximate surface area is 232 Å². The normalized spacial score (nSPS) is 14.2. The highest BCUT2D eigenvalue weighted by Crippen LogP contribution is 2.44. The minimum absolute atomic E-state index is 0.0630. The average molecular weight is 541 g/mol. The maximum Gasteiger partial charge on any atom is 0.419 e. The van der Waals surface area contributed by atoms with Gasteiger partial charge in [0, 0.05) is 23.9 Å². The Morgan fingerprint density at radius 1 is 0.875 bits per heavy atom. The fraction of sp³-hybridized carbons (Fsp3) is 0.281. The second kappa shape index (κ2) is 10.2. The topological polar surface area (TPSA) is 107 Å². The lowest BCUT2D eigenvalue weighted by Crippen LogP contribution is -2.54. The van der Waals surface area contributed by atoms with Crippen LogP contribution in [-0.2, 0) is 20.7 Å². The molecule has 0 saturated heterocycles. The van der Waals surface area contributed by atoms with E-state index in [0.717, 1.165) is 22.3 Å². The quantitative estimate of drug-likeness (QED) is 0.295. The highest BCUT2D eigenvalue weighted by Gasteiger charge is 2.38. The van der Waals surface area contributed by atoms with E-state index in [1.807, 2.05) is 54.6 Å². The number of hydrogen-bond donors (Lipinski definition) is 2. The van der Waals surface area contributed by atoms with Gasteiger partial charge in [-0.05, 0) is 61.6 Å². The Balaban J connectivity index is 1.35. The first kappa shape index (κ1) is 27.0. The summed E-state index contributed by atoms with van der Waals surface area (Å²) in [5.41, 5.74) is 3.08. The molecule has 3 aromatic carbocycles. The molecule has 8 heteroatoms. The van der Waals surface area contributed by atoms with Crippen LogP contribution in [0.5, 0.6) is 0 Å². The number of nitrogens with one attached hydrogen (secondary N) is 1. The molecule has 5 rings (SSSR count). The van der Waals surface area contributed by atoms with Crippen molar-refractivity contribution in [1.29, 1.82) is 0 Å². The van der Waals surface area contributed by atoms with Gasteiger partial charge in [0.05, 0.1) is 5.52 Å². The van der Waals surface area contributed by atoms with Gasteiger partial charge in [-0.1, -0.05) is 66.7 Å². The summed E-state index contributed by atoms with van der Waals surface area (Å²) in [6.07, 6.45) is 0.0847. The number of aromatic nitrogens is 1. The van der Waals surface area contributed by atoms with Gasteiger partial charge >= 0.3 is 18.2 Å². The van der Waals surface area contributed by atoms with Crippen molar-refractivity contribution in [2.24, 2.45) is 0 Å². The van der Waals surface area contributed by atoms with E-state index in [1.54, 1.807) is 45.2 Å². The standard InChI is InChI=1S/C32H32N2O6/c1-31(2,3)40-30(38)34-18-20(21-11-9-10-16-27(21)34)17-32(4,28(35)36)33-29(37)39-19-26-24-14-7-5-12-22(24)23-13-6-8-15-25(23)26/h5-16,18,26H,17,19H2,1-4H3,(H,33,37)(H,35,36)/t32-/m1/s1. The molecule has 1 heterocycles. The Morgan fingerprint density at radius 2 is 1.45 bits per heavy atom. The number of para-hydroxylation sites is 1. The summed E-state index contributed by atoms with van der Waals surface area (Å²) in [6, 6.07) is 23.1. The molecule has 0 spiro atoms. The first-order valence-electron chi connectivity index (χ1n) is 13.2. The first-order chi connectivity index (χ1) is 19.0. The predicted octanol–water partition coefficient (Wildman–Crippen LogP) is 6.35.